The normalized spacial score (nSPS) is 12.3. The molecular formula is C14H13N5OS. The van der Waals surface area contributed by atoms with Gasteiger partial charge in [0, 0.05) is 11.1 Å². The molecule has 3 aromatic rings. The highest BCUT2D eigenvalue weighted by molar-refractivity contribution is 7.99. The molecule has 0 unspecified atom stereocenters. The molecule has 0 radical (unpaired) electrons. The van der Waals surface area contributed by atoms with Gasteiger partial charge in [-0.25, -0.2) is 0 Å². The van der Waals surface area contributed by atoms with Crippen molar-refractivity contribution in [2.24, 2.45) is 0 Å². The maximum Gasteiger partial charge on any atom is 0.218 e. The van der Waals surface area contributed by atoms with Gasteiger partial charge in [-0.3, -0.25) is 4.98 Å². The van der Waals surface area contributed by atoms with Crippen molar-refractivity contribution in [1.82, 2.24) is 25.2 Å². The molecule has 0 aliphatic carbocycles. The summed E-state index contributed by atoms with van der Waals surface area (Å²) >= 11 is 1.42. The third-order valence-electron chi connectivity index (χ3n) is 2.84. The maximum atomic E-state index is 9.46. The number of aliphatic hydroxyl groups excluding tert-OH is 1. The Morgan fingerprint density at radius 2 is 1.95 bits per heavy atom. The molecule has 0 bridgehead atoms. The van der Waals surface area contributed by atoms with Gasteiger partial charge in [-0.15, -0.1) is 5.10 Å². The fourth-order valence-corrected chi connectivity index (χ4v) is 2.54. The van der Waals surface area contributed by atoms with E-state index < -0.39 is 6.10 Å². The highest BCUT2D eigenvalue weighted by atomic mass is 32.2. The Labute approximate surface area is 125 Å². The predicted octanol–water partition coefficient (Wildman–Crippen LogP) is 2.26. The minimum Gasteiger partial charge on any atom is -0.387 e. The van der Waals surface area contributed by atoms with E-state index in [0.717, 1.165) is 10.6 Å². The summed E-state index contributed by atoms with van der Waals surface area (Å²) in [5.41, 5.74) is 1.54. The molecule has 106 valence electrons. The molecule has 21 heavy (non-hydrogen) atoms. The van der Waals surface area contributed by atoms with E-state index in [1.165, 1.54) is 11.8 Å². The number of para-hydroxylation sites is 1. The smallest absolute Gasteiger partial charge is 0.218 e. The van der Waals surface area contributed by atoms with E-state index in [9.17, 15) is 5.11 Å². The van der Waals surface area contributed by atoms with Gasteiger partial charge in [-0.1, -0.05) is 18.2 Å². The third kappa shape index (κ3) is 3.09. The quantitative estimate of drug-likeness (QED) is 0.796. The number of pyridine rings is 1. The van der Waals surface area contributed by atoms with Crippen LogP contribution in [0.3, 0.4) is 0 Å². The predicted molar refractivity (Wildman–Crippen MR) is 78.1 cm³/mol. The van der Waals surface area contributed by atoms with Crippen LogP contribution in [0, 0.1) is 0 Å². The van der Waals surface area contributed by atoms with Gasteiger partial charge in [0.1, 0.15) is 0 Å². The van der Waals surface area contributed by atoms with Crippen LogP contribution >= 0.6 is 11.8 Å². The van der Waals surface area contributed by atoms with Crippen molar-refractivity contribution in [2.75, 3.05) is 0 Å². The molecule has 1 N–H and O–H groups in total. The Morgan fingerprint density at radius 1 is 1.14 bits per heavy atom. The molecule has 3 rings (SSSR count). The molecular weight excluding hydrogens is 286 g/mol. The first kappa shape index (κ1) is 13.7. The van der Waals surface area contributed by atoms with Crippen molar-refractivity contribution in [3.8, 4) is 5.69 Å². The summed E-state index contributed by atoms with van der Waals surface area (Å²) in [6, 6.07) is 13.4. The largest absolute Gasteiger partial charge is 0.387 e. The summed E-state index contributed by atoms with van der Waals surface area (Å²) in [6.07, 6.45) is 1.13. The van der Waals surface area contributed by atoms with Gasteiger partial charge in [0.2, 0.25) is 5.16 Å². The van der Waals surface area contributed by atoms with Gasteiger partial charge in [-0.05, 0) is 53.4 Å². The van der Waals surface area contributed by atoms with Crippen LogP contribution in [0.4, 0.5) is 0 Å². The molecule has 0 saturated carbocycles. The monoisotopic (exact) mass is 299 g/mol. The van der Waals surface area contributed by atoms with E-state index in [2.05, 4.69) is 20.5 Å². The van der Waals surface area contributed by atoms with E-state index in [0.29, 0.717) is 10.9 Å². The first-order valence-corrected chi connectivity index (χ1v) is 7.21. The van der Waals surface area contributed by atoms with Crippen molar-refractivity contribution in [2.45, 2.75) is 23.1 Å². The number of aromatic nitrogens is 5. The fourth-order valence-electron chi connectivity index (χ4n) is 1.78. The molecule has 2 aromatic heterocycles. The number of nitrogens with zero attached hydrogens (tertiary/aromatic N) is 5. The van der Waals surface area contributed by atoms with Crippen molar-refractivity contribution < 1.29 is 5.11 Å². The second-order valence-electron chi connectivity index (χ2n) is 4.41. The SMILES string of the molecule is C[C@H](O)c1ccc(Sc2nnnn2-c2ccccc2)cn1. The summed E-state index contributed by atoms with van der Waals surface area (Å²) in [6.45, 7) is 1.69. The van der Waals surface area contributed by atoms with Crippen LogP contribution in [-0.4, -0.2) is 30.3 Å². The Morgan fingerprint density at radius 3 is 2.62 bits per heavy atom. The summed E-state index contributed by atoms with van der Waals surface area (Å²) in [5.74, 6) is 0. The minimum atomic E-state index is -0.571. The molecule has 6 nitrogen and oxygen atoms in total. The lowest BCUT2D eigenvalue weighted by Crippen LogP contribution is -1.98. The molecule has 7 heteroatoms. The van der Waals surface area contributed by atoms with Crippen LogP contribution in [0.2, 0.25) is 0 Å². The molecule has 1 atom stereocenters. The summed E-state index contributed by atoms with van der Waals surface area (Å²) in [5, 5.41) is 21.9. The minimum absolute atomic E-state index is 0.571. The van der Waals surface area contributed by atoms with Crippen LogP contribution in [0.5, 0.6) is 0 Å². The Balaban J connectivity index is 1.84. The number of benzene rings is 1. The summed E-state index contributed by atoms with van der Waals surface area (Å²) in [4.78, 5) is 5.12. The van der Waals surface area contributed by atoms with E-state index in [1.807, 2.05) is 36.4 Å². The zero-order valence-electron chi connectivity index (χ0n) is 11.3. The molecule has 1 aromatic carbocycles. The maximum absolute atomic E-state index is 9.46. The number of hydrogen-bond donors (Lipinski definition) is 1. The van der Waals surface area contributed by atoms with Crippen molar-refractivity contribution in [3.63, 3.8) is 0 Å². The molecule has 0 spiro atoms. The first-order valence-electron chi connectivity index (χ1n) is 6.40. The van der Waals surface area contributed by atoms with E-state index in [4.69, 9.17) is 0 Å². The second-order valence-corrected chi connectivity index (χ2v) is 5.45. The molecule has 0 aliphatic heterocycles. The molecule has 2 heterocycles. The highest BCUT2D eigenvalue weighted by Gasteiger charge is 2.10. The average Bonchev–Trinajstić information content (AvgIpc) is 2.97. The lowest BCUT2D eigenvalue weighted by molar-refractivity contribution is 0.194. The number of hydrogen-bond acceptors (Lipinski definition) is 6. The van der Waals surface area contributed by atoms with E-state index in [-0.39, 0.29) is 0 Å². The van der Waals surface area contributed by atoms with Gasteiger partial charge in [0.25, 0.3) is 0 Å². The van der Waals surface area contributed by atoms with Gasteiger partial charge in [-0.2, -0.15) is 4.68 Å². The van der Waals surface area contributed by atoms with Crippen molar-refractivity contribution >= 4 is 11.8 Å². The van der Waals surface area contributed by atoms with Crippen LogP contribution in [-0.2, 0) is 0 Å². The average molecular weight is 299 g/mol. The highest BCUT2D eigenvalue weighted by Crippen LogP contribution is 2.26. The van der Waals surface area contributed by atoms with Gasteiger partial charge in [0.15, 0.2) is 0 Å². The topological polar surface area (TPSA) is 76.7 Å². The zero-order chi connectivity index (χ0) is 14.7. The molecule has 0 aliphatic rings. The lowest BCUT2D eigenvalue weighted by atomic mass is 10.2. The van der Waals surface area contributed by atoms with Crippen LogP contribution in [0.1, 0.15) is 18.7 Å². The van der Waals surface area contributed by atoms with Crippen molar-refractivity contribution in [1.29, 1.82) is 0 Å². The molecule has 0 amide bonds. The van der Waals surface area contributed by atoms with Crippen molar-refractivity contribution in [3.05, 3.63) is 54.4 Å². The summed E-state index contributed by atoms with van der Waals surface area (Å²) in [7, 11) is 0. The molecule has 0 fully saturated rings. The van der Waals surface area contributed by atoms with Gasteiger partial charge < -0.3 is 5.11 Å². The Hall–Kier alpha value is -2.25. The third-order valence-corrected chi connectivity index (χ3v) is 3.75. The Kier molecular flexibility index (Phi) is 3.94. The number of aliphatic hydroxyl groups is 1. The Bertz CT molecular complexity index is 712. The lowest BCUT2D eigenvalue weighted by Gasteiger charge is -2.05. The standard InChI is InChI=1S/C14H13N5OS/c1-10(20)13-8-7-12(9-15-13)21-14-16-17-18-19(14)11-5-3-2-4-6-11/h2-10,20H,1H3/t10-/m0/s1. The molecule has 0 saturated heterocycles. The summed E-state index contributed by atoms with van der Waals surface area (Å²) < 4.78 is 1.67. The zero-order valence-corrected chi connectivity index (χ0v) is 12.1. The van der Waals surface area contributed by atoms with Crippen LogP contribution < -0.4 is 0 Å². The van der Waals surface area contributed by atoms with Crippen LogP contribution in [0.25, 0.3) is 5.69 Å². The fraction of sp³-hybridized carbons (Fsp3) is 0.143. The van der Waals surface area contributed by atoms with Gasteiger partial charge in [0.05, 0.1) is 17.5 Å². The number of rotatable bonds is 4. The van der Waals surface area contributed by atoms with Gasteiger partial charge >= 0.3 is 0 Å². The second kappa shape index (κ2) is 6.02. The van der Waals surface area contributed by atoms with E-state index >= 15 is 0 Å². The first-order chi connectivity index (χ1) is 10.2. The number of tetrazole rings is 1. The van der Waals surface area contributed by atoms with Crippen LogP contribution in [0.15, 0.2) is 58.7 Å². The van der Waals surface area contributed by atoms with E-state index in [1.54, 1.807) is 23.9 Å².